The van der Waals surface area contributed by atoms with Crippen molar-refractivity contribution >= 4 is 16.7 Å². The van der Waals surface area contributed by atoms with Crippen molar-refractivity contribution in [1.82, 2.24) is 0 Å². The molecule has 0 unspecified atom stereocenters. The topological polar surface area (TPSA) is 26.3 Å². The molecule has 1 atom stereocenters. The van der Waals surface area contributed by atoms with E-state index in [0.29, 0.717) is 13.0 Å². The summed E-state index contributed by atoms with van der Waals surface area (Å²) < 4.78 is 5.09. The van der Waals surface area contributed by atoms with Crippen LogP contribution in [0.2, 0.25) is 0 Å². The first-order valence-electron chi connectivity index (χ1n) is 7.39. The van der Waals surface area contributed by atoms with Crippen LogP contribution in [0.25, 0.3) is 10.8 Å². The highest BCUT2D eigenvalue weighted by atomic mass is 16.5. The Bertz CT molecular complexity index is 574. The molecule has 0 aliphatic carbocycles. The van der Waals surface area contributed by atoms with E-state index in [-0.39, 0.29) is 11.9 Å². The van der Waals surface area contributed by atoms with Crippen LogP contribution < -0.4 is 0 Å². The van der Waals surface area contributed by atoms with Gasteiger partial charge in [-0.15, -0.1) is 0 Å². The molecule has 0 fully saturated rings. The Morgan fingerprint density at radius 3 is 2.55 bits per heavy atom. The smallest absolute Gasteiger partial charge is 0.306 e. The van der Waals surface area contributed by atoms with Gasteiger partial charge < -0.3 is 4.74 Å². The molecule has 2 nitrogen and oxygen atoms in total. The second-order valence-corrected chi connectivity index (χ2v) is 5.10. The molecule has 2 heteroatoms. The average Bonchev–Trinajstić information content (AvgIpc) is 2.46. The van der Waals surface area contributed by atoms with Gasteiger partial charge in [0.1, 0.15) is 0 Å². The fourth-order valence-corrected chi connectivity index (χ4v) is 2.62. The van der Waals surface area contributed by atoms with Crippen molar-refractivity contribution in [2.75, 3.05) is 6.61 Å². The Morgan fingerprint density at radius 1 is 1.10 bits per heavy atom. The van der Waals surface area contributed by atoms with Crippen molar-refractivity contribution in [3.8, 4) is 0 Å². The molecule has 2 aromatic rings. The molecule has 0 heterocycles. The SMILES string of the molecule is CCC[C@@H](CC(=O)OCC)c1ccc2ccccc2c1. The zero-order valence-corrected chi connectivity index (χ0v) is 12.3. The maximum absolute atomic E-state index is 11.7. The van der Waals surface area contributed by atoms with Gasteiger partial charge in [-0.3, -0.25) is 4.79 Å². The summed E-state index contributed by atoms with van der Waals surface area (Å²) in [6.07, 6.45) is 2.55. The first kappa shape index (κ1) is 14.6. The monoisotopic (exact) mass is 270 g/mol. The molecular formula is C18H22O2. The van der Waals surface area contributed by atoms with E-state index >= 15 is 0 Å². The Hall–Kier alpha value is -1.83. The highest BCUT2D eigenvalue weighted by molar-refractivity contribution is 5.83. The van der Waals surface area contributed by atoms with Gasteiger partial charge in [0.25, 0.3) is 0 Å². The maximum atomic E-state index is 11.7. The zero-order valence-electron chi connectivity index (χ0n) is 12.3. The molecule has 0 saturated carbocycles. The second-order valence-electron chi connectivity index (χ2n) is 5.10. The third kappa shape index (κ3) is 3.60. The third-order valence-electron chi connectivity index (χ3n) is 3.60. The lowest BCUT2D eigenvalue weighted by atomic mass is 9.90. The lowest BCUT2D eigenvalue weighted by Crippen LogP contribution is -2.10. The average molecular weight is 270 g/mol. The van der Waals surface area contributed by atoms with Crippen LogP contribution in [0, 0.1) is 0 Å². The van der Waals surface area contributed by atoms with E-state index in [1.807, 2.05) is 19.1 Å². The summed E-state index contributed by atoms with van der Waals surface area (Å²) in [6, 6.07) is 14.8. The minimum absolute atomic E-state index is 0.0980. The maximum Gasteiger partial charge on any atom is 0.306 e. The third-order valence-corrected chi connectivity index (χ3v) is 3.60. The lowest BCUT2D eigenvalue weighted by molar-refractivity contribution is -0.143. The van der Waals surface area contributed by atoms with Gasteiger partial charge in [-0.1, -0.05) is 55.8 Å². The number of carbonyl (C=O) groups is 1. The Balaban J connectivity index is 2.23. The van der Waals surface area contributed by atoms with Gasteiger partial charge in [0.15, 0.2) is 0 Å². The molecule has 0 radical (unpaired) electrons. The number of fused-ring (bicyclic) bond motifs is 1. The summed E-state index contributed by atoms with van der Waals surface area (Å²) >= 11 is 0. The molecular weight excluding hydrogens is 248 g/mol. The summed E-state index contributed by atoms with van der Waals surface area (Å²) in [4.78, 5) is 11.7. The summed E-state index contributed by atoms with van der Waals surface area (Å²) in [5.41, 5.74) is 1.23. The van der Waals surface area contributed by atoms with E-state index in [4.69, 9.17) is 4.74 Å². The highest BCUT2D eigenvalue weighted by Gasteiger charge is 2.16. The normalized spacial score (nSPS) is 12.3. The van der Waals surface area contributed by atoms with E-state index in [9.17, 15) is 4.79 Å². The summed E-state index contributed by atoms with van der Waals surface area (Å²) in [7, 11) is 0. The van der Waals surface area contributed by atoms with Gasteiger partial charge in [-0.05, 0) is 35.6 Å². The van der Waals surface area contributed by atoms with Crippen molar-refractivity contribution in [2.24, 2.45) is 0 Å². The Labute approximate surface area is 120 Å². The van der Waals surface area contributed by atoms with Crippen molar-refractivity contribution in [2.45, 2.75) is 39.0 Å². The van der Waals surface area contributed by atoms with Crippen LogP contribution in [0.1, 0.15) is 44.6 Å². The standard InChI is InChI=1S/C18H22O2/c1-3-7-15(13-18(19)20-4-2)17-11-10-14-8-5-6-9-16(14)12-17/h5-6,8-12,15H,3-4,7,13H2,1-2H3/t15-/m0/s1. The molecule has 0 aliphatic rings. The van der Waals surface area contributed by atoms with E-state index in [1.165, 1.54) is 16.3 Å². The van der Waals surface area contributed by atoms with Crippen LogP contribution in [-0.4, -0.2) is 12.6 Å². The van der Waals surface area contributed by atoms with Gasteiger partial charge in [-0.25, -0.2) is 0 Å². The molecule has 0 saturated heterocycles. The number of ether oxygens (including phenoxy) is 1. The zero-order chi connectivity index (χ0) is 14.4. The largest absolute Gasteiger partial charge is 0.466 e. The van der Waals surface area contributed by atoms with E-state index in [2.05, 4.69) is 37.3 Å². The van der Waals surface area contributed by atoms with Crippen LogP contribution >= 0.6 is 0 Å². The molecule has 2 aromatic carbocycles. The first-order valence-corrected chi connectivity index (χ1v) is 7.39. The number of esters is 1. The molecule has 0 bridgehead atoms. The number of hydrogen-bond acceptors (Lipinski definition) is 2. The highest BCUT2D eigenvalue weighted by Crippen LogP contribution is 2.28. The van der Waals surface area contributed by atoms with Crippen molar-refractivity contribution < 1.29 is 9.53 Å². The molecule has 0 spiro atoms. The fourth-order valence-electron chi connectivity index (χ4n) is 2.62. The molecule has 0 aliphatic heterocycles. The molecule has 0 aromatic heterocycles. The van der Waals surface area contributed by atoms with Crippen LogP contribution in [-0.2, 0) is 9.53 Å². The first-order chi connectivity index (χ1) is 9.74. The second kappa shape index (κ2) is 7.09. The minimum atomic E-state index is -0.0980. The fraction of sp³-hybridized carbons (Fsp3) is 0.389. The summed E-state index contributed by atoms with van der Waals surface area (Å²) in [5, 5.41) is 2.47. The van der Waals surface area contributed by atoms with Gasteiger partial charge in [0.05, 0.1) is 13.0 Å². The van der Waals surface area contributed by atoms with Crippen LogP contribution in [0.4, 0.5) is 0 Å². The van der Waals surface area contributed by atoms with E-state index in [1.54, 1.807) is 0 Å². The van der Waals surface area contributed by atoms with Gasteiger partial charge in [0, 0.05) is 0 Å². The quantitative estimate of drug-likeness (QED) is 0.713. The lowest BCUT2D eigenvalue weighted by Gasteiger charge is -2.16. The van der Waals surface area contributed by atoms with Crippen molar-refractivity contribution in [1.29, 1.82) is 0 Å². The van der Waals surface area contributed by atoms with Crippen LogP contribution in [0.3, 0.4) is 0 Å². The minimum Gasteiger partial charge on any atom is -0.466 e. The summed E-state index contributed by atoms with van der Waals surface area (Å²) in [6.45, 7) is 4.46. The molecule has 2 rings (SSSR count). The molecule has 0 N–H and O–H groups in total. The molecule has 0 amide bonds. The van der Waals surface area contributed by atoms with Crippen molar-refractivity contribution in [3.63, 3.8) is 0 Å². The van der Waals surface area contributed by atoms with E-state index < -0.39 is 0 Å². The predicted molar refractivity (Wildman–Crippen MR) is 82.8 cm³/mol. The van der Waals surface area contributed by atoms with Gasteiger partial charge in [-0.2, -0.15) is 0 Å². The molecule has 106 valence electrons. The van der Waals surface area contributed by atoms with E-state index in [0.717, 1.165) is 12.8 Å². The molecule has 20 heavy (non-hydrogen) atoms. The summed E-state index contributed by atoms with van der Waals surface area (Å²) in [5.74, 6) is 0.155. The number of rotatable bonds is 6. The van der Waals surface area contributed by atoms with Crippen molar-refractivity contribution in [3.05, 3.63) is 48.0 Å². The van der Waals surface area contributed by atoms with Gasteiger partial charge in [0.2, 0.25) is 0 Å². The predicted octanol–water partition coefficient (Wildman–Crippen LogP) is 4.68. The Morgan fingerprint density at radius 2 is 1.85 bits per heavy atom. The Kier molecular flexibility index (Phi) is 5.16. The number of benzene rings is 2. The van der Waals surface area contributed by atoms with Crippen LogP contribution in [0.5, 0.6) is 0 Å². The number of carbonyl (C=O) groups excluding carboxylic acids is 1. The van der Waals surface area contributed by atoms with Gasteiger partial charge >= 0.3 is 5.97 Å². The number of hydrogen-bond donors (Lipinski definition) is 0. The van der Waals surface area contributed by atoms with Crippen LogP contribution in [0.15, 0.2) is 42.5 Å².